The second kappa shape index (κ2) is 5.91. The topological polar surface area (TPSA) is 94.2 Å². The Bertz CT molecular complexity index is 1060. The fourth-order valence-electron chi connectivity index (χ4n) is 2.55. The predicted octanol–water partition coefficient (Wildman–Crippen LogP) is 2.99. The van der Waals surface area contributed by atoms with Crippen molar-refractivity contribution >= 4 is 49.5 Å². The molecule has 1 aromatic carbocycles. The van der Waals surface area contributed by atoms with E-state index in [1.54, 1.807) is 0 Å². The summed E-state index contributed by atoms with van der Waals surface area (Å²) < 4.78 is 53.2. The highest BCUT2D eigenvalue weighted by atomic mass is 79.9. The van der Waals surface area contributed by atoms with Crippen molar-refractivity contribution < 1.29 is 27.2 Å². The van der Waals surface area contributed by atoms with Gasteiger partial charge in [0.15, 0.2) is 0 Å². The molecule has 6 nitrogen and oxygen atoms in total. The fraction of sp³-hybridized carbons (Fsp3) is 0.0714. The van der Waals surface area contributed by atoms with Gasteiger partial charge in [-0.15, -0.1) is 0 Å². The van der Waals surface area contributed by atoms with Crippen LogP contribution in [0.1, 0.15) is 26.3 Å². The highest BCUT2D eigenvalue weighted by Crippen LogP contribution is 2.43. The summed E-state index contributed by atoms with van der Waals surface area (Å²) in [6.07, 6.45) is -4.89. The summed E-state index contributed by atoms with van der Waals surface area (Å²) in [5, 5.41) is 1.90. The van der Waals surface area contributed by atoms with E-state index in [4.69, 9.17) is 5.73 Å². The Labute approximate surface area is 158 Å². The quantitative estimate of drug-likeness (QED) is 0.467. The van der Waals surface area contributed by atoms with E-state index in [-0.39, 0.29) is 5.56 Å². The number of fused-ring (bicyclic) bond motifs is 1. The lowest BCUT2D eigenvalue weighted by atomic mass is 10.1. The van der Waals surface area contributed by atoms with E-state index in [1.807, 2.05) is 5.32 Å². The van der Waals surface area contributed by atoms with E-state index in [0.29, 0.717) is 16.7 Å². The minimum absolute atomic E-state index is 0.335. The van der Waals surface area contributed by atoms with Crippen LogP contribution in [0, 0.1) is 5.82 Å². The van der Waals surface area contributed by atoms with Gasteiger partial charge in [0.2, 0.25) is 0 Å². The number of benzene rings is 1. The average Bonchev–Trinajstić information content (AvgIpc) is 2.74. The molecule has 0 bridgehead atoms. The molecular weight excluding hydrogens is 494 g/mol. The average molecular weight is 499 g/mol. The number of amides is 2. The van der Waals surface area contributed by atoms with E-state index >= 15 is 0 Å². The van der Waals surface area contributed by atoms with Crippen LogP contribution in [0.15, 0.2) is 25.9 Å². The van der Waals surface area contributed by atoms with E-state index < -0.39 is 60.9 Å². The van der Waals surface area contributed by atoms with Gasteiger partial charge in [-0.1, -0.05) is 15.9 Å². The van der Waals surface area contributed by atoms with Gasteiger partial charge in [-0.2, -0.15) is 13.2 Å². The molecular formula is C14H5Br2F4N3O3. The van der Waals surface area contributed by atoms with Gasteiger partial charge < -0.3 is 5.73 Å². The summed E-state index contributed by atoms with van der Waals surface area (Å²) in [7, 11) is 0. The second-order valence-corrected chi connectivity index (χ2v) is 6.80. The van der Waals surface area contributed by atoms with Crippen LogP contribution in [-0.2, 0) is 6.18 Å². The molecule has 26 heavy (non-hydrogen) atoms. The second-order valence-electron chi connectivity index (χ2n) is 5.15. The number of hydrogen-bond donors (Lipinski definition) is 2. The molecule has 1 aliphatic heterocycles. The number of imide groups is 1. The predicted molar refractivity (Wildman–Crippen MR) is 88.6 cm³/mol. The molecule has 0 radical (unpaired) electrons. The molecule has 1 aliphatic rings. The van der Waals surface area contributed by atoms with Crippen molar-refractivity contribution in [2.75, 3.05) is 5.73 Å². The number of alkyl halides is 3. The van der Waals surface area contributed by atoms with Crippen molar-refractivity contribution in [3.63, 3.8) is 0 Å². The molecule has 0 unspecified atom stereocenters. The number of carbonyl (C=O) groups is 2. The highest BCUT2D eigenvalue weighted by Gasteiger charge is 2.39. The maximum atomic E-state index is 14.4. The van der Waals surface area contributed by atoms with Crippen molar-refractivity contribution in [2.24, 2.45) is 0 Å². The lowest BCUT2D eigenvalue weighted by Gasteiger charge is -2.19. The first kappa shape index (κ1) is 18.6. The monoisotopic (exact) mass is 497 g/mol. The molecule has 0 aliphatic carbocycles. The Kier molecular flexibility index (Phi) is 4.22. The maximum Gasteiger partial charge on any atom is 0.418 e. The molecule has 3 rings (SSSR count). The van der Waals surface area contributed by atoms with Gasteiger partial charge in [-0.3, -0.25) is 24.3 Å². The Morgan fingerprint density at radius 3 is 2.27 bits per heavy atom. The zero-order valence-corrected chi connectivity index (χ0v) is 15.3. The summed E-state index contributed by atoms with van der Waals surface area (Å²) >= 11 is 5.29. The molecule has 0 atom stereocenters. The van der Waals surface area contributed by atoms with E-state index in [9.17, 15) is 31.9 Å². The summed E-state index contributed by atoms with van der Waals surface area (Å²) in [5.74, 6) is -3.70. The number of halogens is 6. The van der Waals surface area contributed by atoms with Crippen LogP contribution in [0.5, 0.6) is 0 Å². The van der Waals surface area contributed by atoms with Crippen molar-refractivity contribution in [3.8, 4) is 5.69 Å². The van der Waals surface area contributed by atoms with Crippen LogP contribution in [0.3, 0.4) is 0 Å². The van der Waals surface area contributed by atoms with Gasteiger partial charge >= 0.3 is 6.18 Å². The minimum Gasteiger partial charge on any atom is -0.384 e. The Hall–Kier alpha value is -2.21. The van der Waals surface area contributed by atoms with Gasteiger partial charge in [0, 0.05) is 10.5 Å². The largest absolute Gasteiger partial charge is 0.418 e. The van der Waals surface area contributed by atoms with E-state index in [2.05, 4.69) is 31.9 Å². The van der Waals surface area contributed by atoms with Crippen LogP contribution >= 0.6 is 31.9 Å². The molecule has 2 heterocycles. The van der Waals surface area contributed by atoms with Crippen LogP contribution in [0.2, 0.25) is 0 Å². The van der Waals surface area contributed by atoms with E-state index in [1.165, 1.54) is 0 Å². The smallest absolute Gasteiger partial charge is 0.384 e. The molecule has 1 aromatic heterocycles. The van der Waals surface area contributed by atoms with Gasteiger partial charge in [0.25, 0.3) is 17.4 Å². The number of carbonyl (C=O) groups excluding carboxylic acids is 2. The van der Waals surface area contributed by atoms with E-state index in [0.717, 1.165) is 0 Å². The standard InChI is InChI=1S/C14H5Br2F4N3O3/c15-4-2-5(17)10(9(16)8(4)14(18,19)20)23-6(24)1-3-7(11(23)21)13(26)22-12(3)25/h1-2H,21H2,(H,22,25,26). The molecule has 0 saturated carbocycles. The number of hydrogen-bond acceptors (Lipinski definition) is 4. The molecule has 0 fully saturated rings. The van der Waals surface area contributed by atoms with Crippen LogP contribution < -0.4 is 16.6 Å². The van der Waals surface area contributed by atoms with Gasteiger partial charge in [-0.25, -0.2) is 4.39 Å². The summed E-state index contributed by atoms with van der Waals surface area (Å²) in [4.78, 5) is 35.8. The van der Waals surface area contributed by atoms with Gasteiger partial charge in [0.05, 0.1) is 21.2 Å². The minimum atomic E-state index is -4.89. The number of pyridine rings is 1. The zero-order chi connectivity index (χ0) is 19.5. The third kappa shape index (κ3) is 2.63. The lowest BCUT2D eigenvalue weighted by Crippen LogP contribution is -2.26. The van der Waals surface area contributed by atoms with Crippen molar-refractivity contribution in [1.29, 1.82) is 0 Å². The number of nitrogens with one attached hydrogen (secondary N) is 1. The number of aromatic nitrogens is 1. The molecule has 2 aromatic rings. The maximum absolute atomic E-state index is 14.4. The van der Waals surface area contributed by atoms with Crippen molar-refractivity contribution in [1.82, 2.24) is 9.88 Å². The first-order valence-electron chi connectivity index (χ1n) is 6.61. The first-order valence-corrected chi connectivity index (χ1v) is 8.20. The zero-order valence-electron chi connectivity index (χ0n) is 12.2. The Morgan fingerprint density at radius 2 is 1.69 bits per heavy atom. The SMILES string of the molecule is Nc1c2c(cc(=O)n1-c1c(F)cc(Br)c(C(F)(F)F)c1Br)C(=O)NC2=O. The van der Waals surface area contributed by atoms with Crippen molar-refractivity contribution in [3.05, 3.63) is 53.9 Å². The third-order valence-corrected chi connectivity index (χ3v) is 5.00. The summed E-state index contributed by atoms with van der Waals surface area (Å²) in [6.45, 7) is 0. The normalized spacial score (nSPS) is 13.8. The molecule has 2 amide bonds. The van der Waals surface area contributed by atoms with Gasteiger partial charge in [0.1, 0.15) is 17.3 Å². The summed E-state index contributed by atoms with van der Waals surface area (Å²) in [5.41, 5.74) is 1.78. The number of rotatable bonds is 1. The van der Waals surface area contributed by atoms with Crippen LogP contribution in [0.4, 0.5) is 23.4 Å². The highest BCUT2D eigenvalue weighted by molar-refractivity contribution is 9.11. The van der Waals surface area contributed by atoms with Crippen LogP contribution in [0.25, 0.3) is 5.69 Å². The van der Waals surface area contributed by atoms with Crippen molar-refractivity contribution in [2.45, 2.75) is 6.18 Å². The first-order chi connectivity index (χ1) is 11.9. The molecule has 0 saturated heterocycles. The number of anilines is 1. The molecule has 3 N–H and O–H groups in total. The number of nitrogen functional groups attached to an aromatic ring is 1. The Balaban J connectivity index is 2.44. The molecule has 0 spiro atoms. The molecule has 12 heteroatoms. The fourth-order valence-corrected chi connectivity index (χ4v) is 4.25. The summed E-state index contributed by atoms with van der Waals surface area (Å²) in [6, 6.07) is 1.22. The third-order valence-electron chi connectivity index (χ3n) is 3.61. The molecule has 136 valence electrons. The van der Waals surface area contributed by atoms with Gasteiger partial charge in [-0.05, 0) is 22.0 Å². The Morgan fingerprint density at radius 1 is 1.08 bits per heavy atom. The number of nitrogens with zero attached hydrogens (tertiary/aromatic N) is 1. The van der Waals surface area contributed by atoms with Crippen LogP contribution in [-0.4, -0.2) is 16.4 Å². The lowest BCUT2D eigenvalue weighted by molar-refractivity contribution is -0.138. The number of nitrogens with two attached hydrogens (primary N) is 1.